The van der Waals surface area contributed by atoms with E-state index in [0.29, 0.717) is 48.5 Å². The van der Waals surface area contributed by atoms with E-state index in [1.54, 1.807) is 6.20 Å². The van der Waals surface area contributed by atoms with Crippen molar-refractivity contribution >= 4 is 34.7 Å². The van der Waals surface area contributed by atoms with Gasteiger partial charge < -0.3 is 25.5 Å². The van der Waals surface area contributed by atoms with Gasteiger partial charge in [0.15, 0.2) is 5.65 Å². The molecule has 3 heterocycles. The van der Waals surface area contributed by atoms with E-state index < -0.39 is 11.6 Å². The molecule has 12 heteroatoms. The molecular weight excluding hydrogens is 590 g/mol. The third kappa shape index (κ3) is 7.27. The second-order valence-electron chi connectivity index (χ2n) is 13.4. The summed E-state index contributed by atoms with van der Waals surface area (Å²) in [6.45, 7) is 8.11. The molecule has 2 aliphatic carbocycles. The number of aromatic nitrogens is 4. The molecule has 46 heavy (non-hydrogen) atoms. The lowest BCUT2D eigenvalue weighted by Gasteiger charge is -2.34. The molecule has 1 unspecified atom stereocenters. The maximum absolute atomic E-state index is 14.7. The van der Waals surface area contributed by atoms with Crippen LogP contribution in [0.15, 0.2) is 24.4 Å². The molecule has 1 atom stereocenters. The first-order chi connectivity index (χ1) is 22.3. The zero-order valence-electron chi connectivity index (χ0n) is 27.1. The summed E-state index contributed by atoms with van der Waals surface area (Å²) in [5.74, 6) is -0.485. The van der Waals surface area contributed by atoms with Crippen LogP contribution in [0.4, 0.5) is 26.4 Å². The van der Waals surface area contributed by atoms with Crippen molar-refractivity contribution in [1.82, 2.24) is 29.3 Å². The lowest BCUT2D eigenvalue weighted by Crippen LogP contribution is -2.41. The van der Waals surface area contributed by atoms with E-state index >= 15 is 0 Å². The number of para-hydroxylation sites is 1. The maximum atomic E-state index is 14.7. The van der Waals surface area contributed by atoms with Crippen LogP contribution in [0.25, 0.3) is 11.2 Å². The lowest BCUT2D eigenvalue weighted by molar-refractivity contribution is -0.136. The summed E-state index contributed by atoms with van der Waals surface area (Å²) >= 11 is 0. The van der Waals surface area contributed by atoms with Gasteiger partial charge in [-0.05, 0) is 110 Å². The molecule has 0 radical (unpaired) electrons. The van der Waals surface area contributed by atoms with E-state index in [1.807, 2.05) is 9.47 Å². The first-order valence-corrected chi connectivity index (χ1v) is 17.2. The number of likely N-dealkylation sites (tertiary alicyclic amines) is 1. The molecule has 2 aromatic heterocycles. The van der Waals surface area contributed by atoms with E-state index in [0.717, 1.165) is 64.6 Å². The normalized spacial score (nSPS) is 24.6. The fourth-order valence-electron chi connectivity index (χ4n) is 7.50. The summed E-state index contributed by atoms with van der Waals surface area (Å²) in [7, 11) is 0. The Balaban J connectivity index is 1.19. The number of carbonyl (C=O) groups excluding carboxylic acids is 1. The number of rotatable bonds is 11. The van der Waals surface area contributed by atoms with Crippen LogP contribution in [0.3, 0.4) is 0 Å². The molecule has 1 aromatic carbocycles. The molecule has 3 aliphatic rings. The van der Waals surface area contributed by atoms with Crippen molar-refractivity contribution in [2.24, 2.45) is 5.92 Å². The van der Waals surface area contributed by atoms with Gasteiger partial charge in [0.25, 0.3) is 0 Å². The molecule has 6 rings (SSSR count). The second kappa shape index (κ2) is 14.6. The Morgan fingerprint density at radius 2 is 1.74 bits per heavy atom. The highest BCUT2D eigenvalue weighted by Gasteiger charge is 2.33. The Bertz CT molecular complexity index is 1460. The second-order valence-corrected chi connectivity index (χ2v) is 13.4. The fraction of sp³-hybridized carbons (Fsp3) is 0.647. The number of benzene rings is 1. The molecular formula is C34H48F2N8O2. The lowest BCUT2D eigenvalue weighted by atomic mass is 9.85. The summed E-state index contributed by atoms with van der Waals surface area (Å²) in [4.78, 5) is 32.2. The van der Waals surface area contributed by atoms with Gasteiger partial charge >= 0.3 is 0 Å². The van der Waals surface area contributed by atoms with Crippen molar-refractivity contribution in [2.45, 2.75) is 109 Å². The molecule has 3 fully saturated rings. The zero-order valence-corrected chi connectivity index (χ0v) is 27.1. The highest BCUT2D eigenvalue weighted by molar-refractivity contribution is 5.79. The Morgan fingerprint density at radius 1 is 1.04 bits per heavy atom. The van der Waals surface area contributed by atoms with Crippen molar-refractivity contribution in [2.75, 3.05) is 36.8 Å². The maximum Gasteiger partial charge on any atom is 0.225 e. The average molecular weight is 639 g/mol. The van der Waals surface area contributed by atoms with E-state index in [1.165, 1.54) is 31.0 Å². The van der Waals surface area contributed by atoms with Gasteiger partial charge in [0, 0.05) is 37.1 Å². The number of nitrogens with one attached hydrogen (secondary N) is 2. The molecule has 0 spiro atoms. The number of fused-ring (bicyclic) bond motifs is 1. The first kappa shape index (κ1) is 32.6. The van der Waals surface area contributed by atoms with Gasteiger partial charge in [0.2, 0.25) is 17.8 Å². The van der Waals surface area contributed by atoms with Crippen LogP contribution in [0.2, 0.25) is 0 Å². The van der Waals surface area contributed by atoms with Gasteiger partial charge in [0.1, 0.15) is 22.8 Å². The van der Waals surface area contributed by atoms with Crippen molar-refractivity contribution in [1.29, 1.82) is 0 Å². The van der Waals surface area contributed by atoms with Crippen LogP contribution in [-0.4, -0.2) is 84.7 Å². The van der Waals surface area contributed by atoms with Gasteiger partial charge in [-0.1, -0.05) is 6.07 Å². The number of aliphatic hydroxyl groups is 1. The number of halogens is 2. The number of carbonyl (C=O) groups is 1. The number of anilines is 3. The van der Waals surface area contributed by atoms with Crippen LogP contribution in [-0.2, 0) is 4.79 Å². The third-order valence-electron chi connectivity index (χ3n) is 10.3. The summed E-state index contributed by atoms with van der Waals surface area (Å²) in [5.41, 5.74) is 0.830. The van der Waals surface area contributed by atoms with Gasteiger partial charge in [-0.15, -0.1) is 0 Å². The largest absolute Gasteiger partial charge is 0.393 e. The predicted octanol–water partition coefficient (Wildman–Crippen LogP) is 6.02. The smallest absolute Gasteiger partial charge is 0.225 e. The first-order valence-electron chi connectivity index (χ1n) is 17.2. The summed E-state index contributed by atoms with van der Waals surface area (Å²) in [5, 5.41) is 16.2. The Hall–Kier alpha value is -3.38. The Morgan fingerprint density at radius 3 is 2.41 bits per heavy atom. The number of hydrogen-bond acceptors (Lipinski definition) is 8. The number of imidazole rings is 1. The summed E-state index contributed by atoms with van der Waals surface area (Å²) < 4.78 is 31.4. The molecule has 0 bridgehead atoms. The molecule has 3 aromatic rings. The minimum atomic E-state index is -0.709. The Labute approximate surface area is 270 Å². The van der Waals surface area contributed by atoms with E-state index in [-0.39, 0.29) is 35.7 Å². The molecule has 3 N–H and O–H groups in total. The predicted molar refractivity (Wildman–Crippen MR) is 175 cm³/mol. The van der Waals surface area contributed by atoms with Crippen LogP contribution in [0, 0.1) is 17.6 Å². The monoisotopic (exact) mass is 638 g/mol. The van der Waals surface area contributed by atoms with Crippen molar-refractivity contribution in [3.05, 3.63) is 36.0 Å². The van der Waals surface area contributed by atoms with Crippen molar-refractivity contribution < 1.29 is 18.7 Å². The number of nitrogens with zero attached hydrogens (tertiary/aromatic N) is 6. The van der Waals surface area contributed by atoms with Crippen LogP contribution < -0.4 is 10.6 Å². The molecule has 10 nitrogen and oxygen atoms in total. The Kier molecular flexibility index (Phi) is 10.3. The van der Waals surface area contributed by atoms with Crippen LogP contribution >= 0.6 is 0 Å². The minimum Gasteiger partial charge on any atom is -0.393 e. The van der Waals surface area contributed by atoms with E-state index in [9.17, 15) is 18.7 Å². The highest BCUT2D eigenvalue weighted by atomic mass is 19.1. The van der Waals surface area contributed by atoms with E-state index in [2.05, 4.69) is 39.3 Å². The number of aliphatic hydroxyl groups excluding tert-OH is 1. The average Bonchev–Trinajstić information content (AvgIpc) is 3.73. The van der Waals surface area contributed by atoms with Gasteiger partial charge in [-0.25, -0.2) is 18.7 Å². The molecule has 250 valence electrons. The molecule has 2 saturated carbocycles. The number of amides is 1. The van der Waals surface area contributed by atoms with Gasteiger partial charge in [-0.3, -0.25) is 9.36 Å². The summed E-state index contributed by atoms with van der Waals surface area (Å²) in [6.07, 6.45) is 10.9. The van der Waals surface area contributed by atoms with E-state index in [4.69, 9.17) is 4.98 Å². The third-order valence-corrected chi connectivity index (χ3v) is 10.3. The highest BCUT2D eigenvalue weighted by Crippen LogP contribution is 2.38. The van der Waals surface area contributed by atoms with Crippen LogP contribution in [0.1, 0.15) is 90.5 Å². The minimum absolute atomic E-state index is 0.0537. The van der Waals surface area contributed by atoms with Gasteiger partial charge in [-0.2, -0.15) is 4.98 Å². The quantitative estimate of drug-likeness (QED) is 0.234. The zero-order chi connectivity index (χ0) is 32.2. The summed E-state index contributed by atoms with van der Waals surface area (Å²) in [6, 6.07) is 4.32. The topological polar surface area (TPSA) is 111 Å². The number of hydrogen-bond donors (Lipinski definition) is 3. The van der Waals surface area contributed by atoms with Crippen LogP contribution in [0.5, 0.6) is 0 Å². The standard InChI is InChI=1S/C34H48F2N8O2/c1-3-42(20-17-22(2)43-18-4-5-19-43)32(46)23-9-13-25(14-10-23)44-31-29(39-34(44)40-30-27(35)7-6-8-28(30)36)21-37-33(41-31)38-24-11-15-26(45)16-12-24/h6-8,21-26,45H,3-5,9-20H2,1-2H3,(H,39,40)(H,37,38,41)/t22?,23-,24-,25+,26-. The SMILES string of the molecule is CCN(CCC(C)N1CCCC1)C(=O)[C@H]1CC[C@@H](n2c(Nc3c(F)cccc3F)nc3cnc(N[C@H]4CC[C@H](O)CC4)nc32)CC1. The molecule has 1 amide bonds. The van der Waals surface area contributed by atoms with Crippen molar-refractivity contribution in [3.8, 4) is 0 Å². The molecule has 1 saturated heterocycles. The fourth-order valence-corrected chi connectivity index (χ4v) is 7.50. The van der Waals surface area contributed by atoms with Crippen molar-refractivity contribution in [3.63, 3.8) is 0 Å². The molecule has 1 aliphatic heterocycles. The van der Waals surface area contributed by atoms with Gasteiger partial charge in [0.05, 0.1) is 12.3 Å².